The Morgan fingerprint density at radius 1 is 0.431 bits per heavy atom. The van der Waals surface area contributed by atoms with Crippen molar-refractivity contribution in [2.24, 2.45) is 0 Å². The molecule has 0 bridgehead atoms. The minimum Gasteiger partial charge on any atom is -0.309 e. The van der Waals surface area contributed by atoms with Crippen LogP contribution >= 0.6 is 0 Å². The predicted molar refractivity (Wildman–Crippen MR) is 235 cm³/mol. The molecule has 0 spiro atoms. The Hall–Kier alpha value is -8.14. The van der Waals surface area contributed by atoms with E-state index in [0.717, 1.165) is 66.0 Å². The first kappa shape index (κ1) is 30.1. The van der Waals surface area contributed by atoms with Gasteiger partial charge in [-0.1, -0.05) is 146 Å². The predicted octanol–water partition coefficient (Wildman–Crippen LogP) is 12.6. The van der Waals surface area contributed by atoms with Gasteiger partial charge in [-0.2, -0.15) is 5.26 Å². The summed E-state index contributed by atoms with van der Waals surface area (Å²) in [7, 11) is 0. The molecule has 0 saturated carbocycles. The first-order valence-electron chi connectivity index (χ1n) is 20.5. The van der Waals surface area contributed by atoms with Crippen LogP contribution < -0.4 is 0 Å². The molecule has 0 saturated heterocycles. The van der Waals surface area contributed by atoms with Crippen LogP contribution in [0, 0.1) is 11.3 Å². The minimum atomic E-state index is -0.264. The molecule has 6 nitrogen and oxygen atoms in total. The number of para-hydroxylation sites is 3. The van der Waals surface area contributed by atoms with E-state index in [1.54, 1.807) is 0 Å². The van der Waals surface area contributed by atoms with Gasteiger partial charge < -0.3 is 9.13 Å². The highest BCUT2D eigenvalue weighted by Gasteiger charge is 2.22. The van der Waals surface area contributed by atoms with Crippen molar-refractivity contribution in [1.29, 1.82) is 5.26 Å². The lowest BCUT2D eigenvalue weighted by Crippen LogP contribution is -2.02. The smallest absolute Gasteiger partial charge is 0.164 e. The molecular weight excluding hydrogens is 709 g/mol. The Balaban J connectivity index is 1.18. The van der Waals surface area contributed by atoms with E-state index in [1.165, 1.54) is 0 Å². The molecule has 6 heteroatoms. The molecule has 8 aromatic carbocycles. The van der Waals surface area contributed by atoms with Crippen molar-refractivity contribution >= 4 is 43.6 Å². The van der Waals surface area contributed by atoms with Gasteiger partial charge in [-0.05, 0) is 59.6 Å². The van der Waals surface area contributed by atoms with Gasteiger partial charge in [-0.15, -0.1) is 0 Å². The molecule has 11 aromatic rings. The number of fused-ring (bicyclic) bond motifs is 7. The standard InChI is InChI=1S/C52H32N6/c53-33-39-32-38(52-55-50(36-16-6-2-7-17-36)54-51(56-52)37-26-24-35(25-27-37)34-14-4-1-5-15-34)28-30-44(39)58-45-22-12-10-20-41(45)42-29-31-47-48(49(42)58)43-21-11-13-23-46(43)57(47)40-18-8-3-9-19-40/h1-32H/i28D,30D,32D. The lowest BCUT2D eigenvalue weighted by atomic mass is 10.0. The quantitative estimate of drug-likeness (QED) is 0.170. The van der Waals surface area contributed by atoms with Crippen molar-refractivity contribution in [3.63, 3.8) is 0 Å². The SMILES string of the molecule is [2H]c1c([2H])c(-n2c3ccccc3c3ccc4c(c5ccccc5n4-c4ccccc4)c32)c(C#N)c([2H])c1-c1nc(-c2ccccc2)nc(-c2ccc(-c3ccccc3)cc2)n1. The third kappa shape index (κ3) is 5.37. The van der Waals surface area contributed by atoms with Crippen LogP contribution in [0.3, 0.4) is 0 Å². The third-order valence-corrected chi connectivity index (χ3v) is 10.8. The summed E-state index contributed by atoms with van der Waals surface area (Å²) < 4.78 is 33.3. The summed E-state index contributed by atoms with van der Waals surface area (Å²) in [4.78, 5) is 14.6. The number of hydrogen-bond donors (Lipinski definition) is 0. The van der Waals surface area contributed by atoms with Gasteiger partial charge >= 0.3 is 0 Å². The molecule has 0 fully saturated rings. The Morgan fingerprint density at radius 3 is 1.62 bits per heavy atom. The molecule has 58 heavy (non-hydrogen) atoms. The summed E-state index contributed by atoms with van der Waals surface area (Å²) in [6.45, 7) is 0. The molecule has 0 radical (unpaired) electrons. The topological polar surface area (TPSA) is 72.3 Å². The zero-order valence-electron chi connectivity index (χ0n) is 33.9. The molecule has 0 N–H and O–H groups in total. The molecule has 270 valence electrons. The van der Waals surface area contributed by atoms with E-state index in [0.29, 0.717) is 17.2 Å². The van der Waals surface area contributed by atoms with Gasteiger partial charge in [0.25, 0.3) is 0 Å². The summed E-state index contributed by atoms with van der Waals surface area (Å²) in [6.07, 6.45) is 0. The van der Waals surface area contributed by atoms with Crippen LogP contribution in [-0.4, -0.2) is 24.1 Å². The lowest BCUT2D eigenvalue weighted by Gasteiger charge is -2.13. The van der Waals surface area contributed by atoms with Crippen molar-refractivity contribution < 1.29 is 4.11 Å². The van der Waals surface area contributed by atoms with Gasteiger partial charge in [0.1, 0.15) is 6.07 Å². The Labute approximate surface area is 338 Å². The van der Waals surface area contributed by atoms with Crippen molar-refractivity contribution in [3.8, 4) is 62.7 Å². The van der Waals surface area contributed by atoms with E-state index < -0.39 is 0 Å². The fraction of sp³-hybridized carbons (Fsp3) is 0. The molecule has 3 heterocycles. The Bertz CT molecular complexity index is 3560. The Morgan fingerprint density at radius 2 is 0.948 bits per heavy atom. The van der Waals surface area contributed by atoms with Crippen molar-refractivity contribution in [2.45, 2.75) is 0 Å². The van der Waals surface area contributed by atoms with E-state index in [4.69, 9.17) is 15.0 Å². The highest BCUT2D eigenvalue weighted by atomic mass is 15.0. The average molecular weight is 744 g/mol. The second kappa shape index (κ2) is 13.6. The summed E-state index contributed by atoms with van der Waals surface area (Å²) in [5.74, 6) is 0.731. The van der Waals surface area contributed by atoms with Crippen molar-refractivity contribution in [3.05, 3.63) is 200 Å². The number of nitriles is 1. The van der Waals surface area contributed by atoms with Crippen LogP contribution in [0.25, 0.3) is 100 Å². The Kier molecular flexibility index (Phi) is 7.04. The fourth-order valence-electron chi connectivity index (χ4n) is 8.13. The minimum absolute atomic E-state index is 0.0152. The number of aromatic nitrogens is 5. The number of hydrogen-bond acceptors (Lipinski definition) is 4. The van der Waals surface area contributed by atoms with Gasteiger partial charge in [-0.25, -0.2) is 15.0 Å². The monoisotopic (exact) mass is 743 g/mol. The van der Waals surface area contributed by atoms with E-state index >= 15 is 0 Å². The highest BCUT2D eigenvalue weighted by Crippen LogP contribution is 2.42. The van der Waals surface area contributed by atoms with E-state index in [2.05, 4.69) is 59.2 Å². The third-order valence-electron chi connectivity index (χ3n) is 10.8. The molecule has 0 aliphatic rings. The molecule has 0 atom stereocenters. The van der Waals surface area contributed by atoms with E-state index in [-0.39, 0.29) is 40.8 Å². The average Bonchev–Trinajstić information content (AvgIpc) is 3.84. The van der Waals surface area contributed by atoms with E-state index in [1.807, 2.05) is 132 Å². The van der Waals surface area contributed by atoms with Crippen LogP contribution in [0.1, 0.15) is 9.68 Å². The maximum absolute atomic E-state index is 11.1. The van der Waals surface area contributed by atoms with Gasteiger partial charge in [0.2, 0.25) is 0 Å². The van der Waals surface area contributed by atoms with Crippen LogP contribution in [-0.2, 0) is 0 Å². The second-order valence-corrected chi connectivity index (χ2v) is 14.1. The molecule has 0 aliphatic heterocycles. The first-order chi connectivity index (χ1) is 30.0. The second-order valence-electron chi connectivity index (χ2n) is 14.1. The fourth-order valence-corrected chi connectivity index (χ4v) is 8.13. The zero-order valence-corrected chi connectivity index (χ0v) is 30.9. The summed E-state index contributed by atoms with van der Waals surface area (Å²) >= 11 is 0. The van der Waals surface area contributed by atoms with Crippen LogP contribution in [0.5, 0.6) is 0 Å². The summed E-state index contributed by atoms with van der Waals surface area (Å²) in [5, 5.41) is 14.9. The van der Waals surface area contributed by atoms with Crippen molar-refractivity contribution in [1.82, 2.24) is 24.1 Å². The number of nitrogens with zero attached hydrogens (tertiary/aromatic N) is 6. The van der Waals surface area contributed by atoms with Crippen LogP contribution in [0.4, 0.5) is 0 Å². The lowest BCUT2D eigenvalue weighted by molar-refractivity contribution is 1.07. The molecule has 0 aliphatic carbocycles. The number of benzene rings is 8. The van der Waals surface area contributed by atoms with Crippen molar-refractivity contribution in [2.75, 3.05) is 0 Å². The van der Waals surface area contributed by atoms with Gasteiger partial charge in [0, 0.05) is 43.9 Å². The molecule has 0 unspecified atom stereocenters. The summed E-state index contributed by atoms with van der Waals surface area (Å²) in [5.41, 5.74) is 8.12. The summed E-state index contributed by atoms with van der Waals surface area (Å²) in [6, 6.07) is 59.6. The van der Waals surface area contributed by atoms with Crippen LogP contribution in [0.15, 0.2) is 194 Å². The van der Waals surface area contributed by atoms with Gasteiger partial charge in [-0.3, -0.25) is 0 Å². The molecular formula is C52H32N6. The maximum atomic E-state index is 11.1. The largest absolute Gasteiger partial charge is 0.309 e. The molecule has 0 amide bonds. The van der Waals surface area contributed by atoms with Gasteiger partial charge in [0.05, 0.1) is 37.4 Å². The number of rotatable bonds is 6. The zero-order chi connectivity index (χ0) is 41.2. The maximum Gasteiger partial charge on any atom is 0.164 e. The molecule has 3 aromatic heterocycles. The normalized spacial score (nSPS) is 12.2. The highest BCUT2D eigenvalue weighted by molar-refractivity contribution is 6.26. The van der Waals surface area contributed by atoms with E-state index in [9.17, 15) is 9.37 Å². The first-order valence-corrected chi connectivity index (χ1v) is 19.0. The molecule has 11 rings (SSSR count). The van der Waals surface area contributed by atoms with Gasteiger partial charge in [0.15, 0.2) is 17.5 Å². The van der Waals surface area contributed by atoms with Crippen LogP contribution in [0.2, 0.25) is 0 Å².